The first-order valence-corrected chi connectivity index (χ1v) is 8.09. The number of alkyl halides is 3. The van der Waals surface area contributed by atoms with Crippen LogP contribution in [0.15, 0.2) is 27.7 Å². The Morgan fingerprint density at radius 2 is 2.05 bits per heavy atom. The minimum Gasteiger partial charge on any atom is -0.383 e. The van der Waals surface area contributed by atoms with Crippen LogP contribution in [0.25, 0.3) is 5.69 Å². The average molecular weight is 403 g/mol. The Morgan fingerprint density at radius 1 is 1.43 bits per heavy atom. The zero-order chi connectivity index (χ0) is 15.9. The summed E-state index contributed by atoms with van der Waals surface area (Å²) in [6, 6.07) is 1.66. The van der Waals surface area contributed by atoms with Gasteiger partial charge in [-0.3, -0.25) is 4.21 Å². The molecule has 114 valence electrons. The number of rotatable bonds is 2. The van der Waals surface area contributed by atoms with E-state index in [0.717, 1.165) is 16.8 Å². The largest absolute Gasteiger partial charge is 0.416 e. The molecule has 1 unspecified atom stereocenters. The molecule has 10 heteroatoms. The Labute approximate surface area is 133 Å². The van der Waals surface area contributed by atoms with E-state index in [9.17, 15) is 17.4 Å². The summed E-state index contributed by atoms with van der Waals surface area (Å²) in [5, 5.41) is 3.74. The van der Waals surface area contributed by atoms with Crippen molar-refractivity contribution in [2.75, 3.05) is 12.0 Å². The van der Waals surface area contributed by atoms with E-state index >= 15 is 0 Å². The minimum absolute atomic E-state index is 0.0539. The smallest absolute Gasteiger partial charge is 0.383 e. The lowest BCUT2D eigenvalue weighted by Gasteiger charge is -2.13. The molecule has 1 heterocycles. The number of nitrogens with two attached hydrogens (primary N) is 1. The van der Waals surface area contributed by atoms with Crippen LogP contribution in [0.2, 0.25) is 5.02 Å². The molecule has 0 saturated heterocycles. The Balaban J connectivity index is 2.63. The van der Waals surface area contributed by atoms with Crippen molar-refractivity contribution in [2.24, 2.45) is 0 Å². The normalized spacial score (nSPS) is 13.4. The van der Waals surface area contributed by atoms with Crippen molar-refractivity contribution in [3.63, 3.8) is 0 Å². The maximum absolute atomic E-state index is 12.7. The van der Waals surface area contributed by atoms with Gasteiger partial charge in [0.2, 0.25) is 0 Å². The zero-order valence-electron chi connectivity index (χ0n) is 10.4. The van der Waals surface area contributed by atoms with Gasteiger partial charge in [-0.25, -0.2) is 4.68 Å². The van der Waals surface area contributed by atoms with Gasteiger partial charge in [0, 0.05) is 10.7 Å². The number of nitrogen functional groups attached to an aromatic ring is 1. The SMILES string of the molecule is CS(=O)c1cnn(-c2c(Cl)cc(C(F)(F)F)cc2Br)c1N. The van der Waals surface area contributed by atoms with Gasteiger partial charge >= 0.3 is 6.18 Å². The van der Waals surface area contributed by atoms with Gasteiger partial charge in [-0.05, 0) is 28.1 Å². The zero-order valence-corrected chi connectivity index (χ0v) is 13.6. The second-order valence-corrected chi connectivity index (χ2v) is 6.66. The summed E-state index contributed by atoms with van der Waals surface area (Å²) in [5.41, 5.74) is 5.06. The monoisotopic (exact) mass is 401 g/mol. The lowest BCUT2D eigenvalue weighted by atomic mass is 10.2. The van der Waals surface area contributed by atoms with Crippen molar-refractivity contribution in [2.45, 2.75) is 11.1 Å². The van der Waals surface area contributed by atoms with Crippen molar-refractivity contribution in [3.8, 4) is 5.69 Å². The molecule has 1 aromatic heterocycles. The molecular formula is C11H8BrClF3N3OS. The quantitative estimate of drug-likeness (QED) is 0.834. The Bertz CT molecular complexity index is 709. The molecule has 1 atom stereocenters. The summed E-state index contributed by atoms with van der Waals surface area (Å²) < 4.78 is 50.8. The summed E-state index contributed by atoms with van der Waals surface area (Å²) in [5.74, 6) is 0.0539. The summed E-state index contributed by atoms with van der Waals surface area (Å²) in [4.78, 5) is 0.276. The Hall–Kier alpha value is -1.06. The van der Waals surface area contributed by atoms with Crippen LogP contribution in [0.3, 0.4) is 0 Å². The summed E-state index contributed by atoms with van der Waals surface area (Å²) in [7, 11) is -1.37. The van der Waals surface area contributed by atoms with Crippen molar-refractivity contribution >= 4 is 44.1 Å². The Morgan fingerprint density at radius 3 is 2.48 bits per heavy atom. The molecule has 0 aliphatic carbocycles. The van der Waals surface area contributed by atoms with Crippen molar-refractivity contribution in [1.82, 2.24) is 9.78 Å². The van der Waals surface area contributed by atoms with E-state index in [1.165, 1.54) is 12.5 Å². The van der Waals surface area contributed by atoms with E-state index in [4.69, 9.17) is 17.3 Å². The first-order chi connectivity index (χ1) is 9.62. The molecular weight excluding hydrogens is 395 g/mol. The molecule has 0 radical (unpaired) electrons. The molecule has 0 spiro atoms. The highest BCUT2D eigenvalue weighted by Crippen LogP contribution is 2.38. The van der Waals surface area contributed by atoms with E-state index in [1.54, 1.807) is 0 Å². The van der Waals surface area contributed by atoms with Crippen LogP contribution >= 0.6 is 27.5 Å². The van der Waals surface area contributed by atoms with Gasteiger partial charge in [0.1, 0.15) is 10.7 Å². The number of aromatic nitrogens is 2. The van der Waals surface area contributed by atoms with Crippen molar-refractivity contribution in [3.05, 3.63) is 33.4 Å². The van der Waals surface area contributed by atoms with Gasteiger partial charge in [-0.1, -0.05) is 11.6 Å². The highest BCUT2D eigenvalue weighted by atomic mass is 79.9. The lowest BCUT2D eigenvalue weighted by Crippen LogP contribution is -2.09. The number of hydrogen-bond donors (Lipinski definition) is 1. The van der Waals surface area contributed by atoms with Crippen molar-refractivity contribution in [1.29, 1.82) is 0 Å². The van der Waals surface area contributed by atoms with Crippen LogP contribution in [0.4, 0.5) is 19.0 Å². The highest BCUT2D eigenvalue weighted by molar-refractivity contribution is 9.10. The van der Waals surface area contributed by atoms with E-state index in [0.29, 0.717) is 0 Å². The van der Waals surface area contributed by atoms with Gasteiger partial charge in [0.15, 0.2) is 0 Å². The topological polar surface area (TPSA) is 60.9 Å². The van der Waals surface area contributed by atoms with E-state index in [-0.39, 0.29) is 25.9 Å². The molecule has 1 aromatic carbocycles. The minimum atomic E-state index is -4.52. The summed E-state index contributed by atoms with van der Waals surface area (Å²) >= 11 is 8.94. The molecule has 0 amide bonds. The first kappa shape index (κ1) is 16.3. The number of halogens is 5. The van der Waals surface area contributed by atoms with E-state index < -0.39 is 22.5 Å². The maximum atomic E-state index is 12.7. The molecule has 0 saturated carbocycles. The number of nitrogens with zero attached hydrogens (tertiary/aromatic N) is 2. The molecule has 2 aromatic rings. The predicted octanol–water partition coefficient (Wildman–Crippen LogP) is 3.63. The Kier molecular flexibility index (Phi) is 4.36. The average Bonchev–Trinajstić information content (AvgIpc) is 2.69. The molecule has 21 heavy (non-hydrogen) atoms. The highest BCUT2D eigenvalue weighted by Gasteiger charge is 2.32. The summed E-state index contributed by atoms with van der Waals surface area (Å²) in [6.07, 6.45) is -1.82. The molecule has 0 bridgehead atoms. The number of hydrogen-bond acceptors (Lipinski definition) is 3. The van der Waals surface area contributed by atoms with Crippen molar-refractivity contribution < 1.29 is 17.4 Å². The lowest BCUT2D eigenvalue weighted by molar-refractivity contribution is -0.137. The van der Waals surface area contributed by atoms with Gasteiger partial charge in [0.25, 0.3) is 0 Å². The predicted molar refractivity (Wildman–Crippen MR) is 78.0 cm³/mol. The van der Waals surface area contributed by atoms with E-state index in [1.807, 2.05) is 0 Å². The molecule has 0 aliphatic heterocycles. The van der Waals surface area contributed by atoms with Crippen LogP contribution in [-0.4, -0.2) is 20.2 Å². The fraction of sp³-hybridized carbons (Fsp3) is 0.182. The molecule has 2 N–H and O–H groups in total. The van der Waals surface area contributed by atoms with Gasteiger partial charge < -0.3 is 5.73 Å². The standard InChI is InChI=1S/C11H8BrClF3N3OS/c1-21(20)8-4-18-19(10(8)17)9-6(12)2-5(3-7(9)13)11(14,15)16/h2-4H,17H2,1H3. The van der Waals surface area contributed by atoms with Crippen LogP contribution in [0.5, 0.6) is 0 Å². The fourth-order valence-electron chi connectivity index (χ4n) is 1.67. The van der Waals surface area contributed by atoms with E-state index in [2.05, 4.69) is 21.0 Å². The fourth-order valence-corrected chi connectivity index (χ4v) is 3.29. The second-order valence-electron chi connectivity index (χ2n) is 4.05. The second kappa shape index (κ2) is 5.62. The third-order valence-corrected chi connectivity index (χ3v) is 4.46. The van der Waals surface area contributed by atoms with Crippen LogP contribution in [-0.2, 0) is 17.0 Å². The first-order valence-electron chi connectivity index (χ1n) is 5.36. The maximum Gasteiger partial charge on any atom is 0.416 e. The molecule has 2 rings (SSSR count). The van der Waals surface area contributed by atoms with Crippen LogP contribution in [0, 0.1) is 0 Å². The third kappa shape index (κ3) is 3.09. The summed E-state index contributed by atoms with van der Waals surface area (Å²) in [6.45, 7) is 0. The molecule has 0 fully saturated rings. The number of anilines is 1. The van der Waals surface area contributed by atoms with Crippen LogP contribution < -0.4 is 5.73 Å². The molecule has 4 nitrogen and oxygen atoms in total. The van der Waals surface area contributed by atoms with Crippen LogP contribution in [0.1, 0.15) is 5.56 Å². The van der Waals surface area contributed by atoms with Gasteiger partial charge in [-0.15, -0.1) is 0 Å². The van der Waals surface area contributed by atoms with Gasteiger partial charge in [0.05, 0.1) is 33.3 Å². The number of benzene rings is 1. The third-order valence-electron chi connectivity index (χ3n) is 2.64. The van der Waals surface area contributed by atoms with Gasteiger partial charge in [-0.2, -0.15) is 18.3 Å². The molecule has 0 aliphatic rings.